The molecule has 3 nitrogen and oxygen atoms in total. The molecule has 0 aliphatic heterocycles. The first-order valence-corrected chi connectivity index (χ1v) is 3.70. The zero-order chi connectivity index (χ0) is 8.39. The van der Waals surface area contributed by atoms with Crippen LogP contribution in [0.3, 0.4) is 0 Å². The first kappa shape index (κ1) is 7.31. The lowest BCUT2D eigenvalue weighted by Crippen LogP contribution is -1.78. The summed E-state index contributed by atoms with van der Waals surface area (Å²) in [6.07, 6.45) is 2.27. The summed E-state index contributed by atoms with van der Waals surface area (Å²) in [6.45, 7) is 0. The minimum absolute atomic E-state index is 0.520. The van der Waals surface area contributed by atoms with Gasteiger partial charge in [-0.2, -0.15) is 4.98 Å². The first-order chi connectivity index (χ1) is 5.86. The van der Waals surface area contributed by atoms with E-state index >= 15 is 0 Å². The van der Waals surface area contributed by atoms with Gasteiger partial charge < -0.3 is 4.52 Å². The van der Waals surface area contributed by atoms with E-state index in [9.17, 15) is 0 Å². The molecule has 2 aromatic rings. The first-order valence-electron chi connectivity index (χ1n) is 3.32. The Kier molecular flexibility index (Phi) is 1.80. The van der Waals surface area contributed by atoms with Crippen molar-refractivity contribution in [1.82, 2.24) is 10.1 Å². The van der Waals surface area contributed by atoms with Gasteiger partial charge in [0.1, 0.15) is 0 Å². The second kappa shape index (κ2) is 2.95. The molecule has 0 aliphatic rings. The SMILES string of the molecule is Clc1ccc(-c2n[c]on2)cc1. The zero-order valence-corrected chi connectivity index (χ0v) is 6.75. The second-order valence-corrected chi connectivity index (χ2v) is 2.65. The maximum absolute atomic E-state index is 5.70. The highest BCUT2D eigenvalue weighted by molar-refractivity contribution is 6.30. The normalized spacial score (nSPS) is 10.1. The number of nitrogens with zero attached hydrogens (tertiary/aromatic N) is 2. The molecule has 0 spiro atoms. The molecule has 1 aromatic carbocycles. The molecule has 0 fully saturated rings. The molecule has 1 aromatic heterocycles. The van der Waals surface area contributed by atoms with Crippen LogP contribution in [0.25, 0.3) is 11.4 Å². The van der Waals surface area contributed by atoms with Crippen LogP contribution in [0.2, 0.25) is 5.02 Å². The Labute approximate surface area is 74.0 Å². The van der Waals surface area contributed by atoms with Crippen LogP contribution in [0.4, 0.5) is 0 Å². The van der Waals surface area contributed by atoms with Gasteiger partial charge in [0.05, 0.1) is 0 Å². The van der Waals surface area contributed by atoms with Crippen LogP contribution < -0.4 is 0 Å². The highest BCUT2D eigenvalue weighted by Gasteiger charge is 2.01. The number of halogens is 1. The van der Waals surface area contributed by atoms with Crippen LogP contribution in [-0.4, -0.2) is 10.1 Å². The van der Waals surface area contributed by atoms with E-state index in [-0.39, 0.29) is 0 Å². The molecule has 0 amide bonds. The van der Waals surface area contributed by atoms with E-state index in [1.807, 2.05) is 12.1 Å². The summed E-state index contributed by atoms with van der Waals surface area (Å²) < 4.78 is 4.48. The molecule has 0 N–H and O–H groups in total. The Hall–Kier alpha value is -1.35. The third-order valence-electron chi connectivity index (χ3n) is 1.43. The van der Waals surface area contributed by atoms with Crippen molar-refractivity contribution in [3.63, 3.8) is 0 Å². The largest absolute Gasteiger partial charge is 0.328 e. The van der Waals surface area contributed by atoms with Gasteiger partial charge in [-0.15, -0.1) is 0 Å². The molecule has 12 heavy (non-hydrogen) atoms. The average Bonchev–Trinajstić information content (AvgIpc) is 2.58. The summed E-state index contributed by atoms with van der Waals surface area (Å²) >= 11 is 5.70. The maximum atomic E-state index is 5.70. The Morgan fingerprint density at radius 1 is 1.25 bits per heavy atom. The molecule has 0 bridgehead atoms. The second-order valence-electron chi connectivity index (χ2n) is 2.22. The van der Waals surface area contributed by atoms with E-state index in [0.29, 0.717) is 10.8 Å². The number of rotatable bonds is 1. The Balaban J connectivity index is 2.43. The van der Waals surface area contributed by atoms with E-state index in [0.717, 1.165) is 5.56 Å². The monoisotopic (exact) mass is 179 g/mol. The maximum Gasteiger partial charge on any atom is 0.316 e. The topological polar surface area (TPSA) is 38.9 Å². The van der Waals surface area contributed by atoms with Crippen molar-refractivity contribution in [3.8, 4) is 11.4 Å². The molecule has 1 heterocycles. The molecule has 4 heteroatoms. The van der Waals surface area contributed by atoms with Gasteiger partial charge in [0.2, 0.25) is 5.82 Å². The van der Waals surface area contributed by atoms with Crippen LogP contribution >= 0.6 is 11.6 Å². The summed E-state index contributed by atoms with van der Waals surface area (Å²) in [5.74, 6) is 0.520. The molecule has 1 radical (unpaired) electrons. The van der Waals surface area contributed by atoms with Crippen molar-refractivity contribution in [2.45, 2.75) is 0 Å². The number of hydrogen-bond donors (Lipinski definition) is 0. The molecular weight excluding hydrogens is 176 g/mol. The van der Waals surface area contributed by atoms with Gasteiger partial charge >= 0.3 is 6.39 Å². The Bertz CT molecular complexity index is 355. The Morgan fingerprint density at radius 3 is 2.58 bits per heavy atom. The number of benzene rings is 1. The molecular formula is C8H4ClN2O. The fourth-order valence-electron chi connectivity index (χ4n) is 0.864. The van der Waals surface area contributed by atoms with Crippen molar-refractivity contribution >= 4 is 11.6 Å². The van der Waals surface area contributed by atoms with Gasteiger partial charge in [0, 0.05) is 10.6 Å². The number of hydrogen-bond acceptors (Lipinski definition) is 3. The summed E-state index contributed by atoms with van der Waals surface area (Å²) in [4.78, 5) is 3.77. The van der Waals surface area contributed by atoms with E-state index < -0.39 is 0 Å². The van der Waals surface area contributed by atoms with Crippen molar-refractivity contribution in [2.24, 2.45) is 0 Å². The van der Waals surface area contributed by atoms with Gasteiger partial charge in [-0.1, -0.05) is 16.8 Å². The third-order valence-corrected chi connectivity index (χ3v) is 1.68. The van der Waals surface area contributed by atoms with E-state index in [1.165, 1.54) is 0 Å². The predicted molar refractivity (Wildman–Crippen MR) is 43.6 cm³/mol. The molecule has 0 atom stereocenters. The molecule has 0 saturated heterocycles. The fraction of sp³-hybridized carbons (Fsp3) is 0. The molecule has 59 valence electrons. The van der Waals surface area contributed by atoms with E-state index in [4.69, 9.17) is 11.6 Å². The quantitative estimate of drug-likeness (QED) is 0.674. The lowest BCUT2D eigenvalue weighted by Gasteiger charge is -1.92. The number of aromatic nitrogens is 2. The van der Waals surface area contributed by atoms with Crippen LogP contribution in [-0.2, 0) is 0 Å². The summed E-state index contributed by atoms with van der Waals surface area (Å²) in [5.41, 5.74) is 0.865. The lowest BCUT2D eigenvalue weighted by atomic mass is 10.2. The summed E-state index contributed by atoms with van der Waals surface area (Å²) in [5, 5.41) is 4.32. The molecule has 0 aliphatic carbocycles. The lowest BCUT2D eigenvalue weighted by molar-refractivity contribution is 0.411. The third kappa shape index (κ3) is 1.31. The standard InChI is InChI=1S/C8H4ClN2O/c9-7-3-1-6(2-4-7)8-10-5-12-11-8/h1-4H. The van der Waals surface area contributed by atoms with Gasteiger partial charge in [-0.3, -0.25) is 0 Å². The van der Waals surface area contributed by atoms with Gasteiger partial charge in [0.25, 0.3) is 0 Å². The van der Waals surface area contributed by atoms with Crippen LogP contribution in [0, 0.1) is 6.39 Å². The molecule has 2 rings (SSSR count). The van der Waals surface area contributed by atoms with Crippen LogP contribution in [0.5, 0.6) is 0 Å². The smallest absolute Gasteiger partial charge is 0.316 e. The van der Waals surface area contributed by atoms with Gasteiger partial charge in [0.15, 0.2) is 0 Å². The van der Waals surface area contributed by atoms with E-state index in [1.54, 1.807) is 12.1 Å². The van der Waals surface area contributed by atoms with Gasteiger partial charge in [-0.25, -0.2) is 0 Å². The van der Waals surface area contributed by atoms with Crippen molar-refractivity contribution < 1.29 is 4.52 Å². The Morgan fingerprint density at radius 2 is 2.00 bits per heavy atom. The van der Waals surface area contributed by atoms with Gasteiger partial charge in [-0.05, 0) is 24.3 Å². The minimum Gasteiger partial charge on any atom is -0.328 e. The van der Waals surface area contributed by atoms with Crippen LogP contribution in [0.1, 0.15) is 0 Å². The molecule has 0 saturated carbocycles. The van der Waals surface area contributed by atoms with E-state index in [2.05, 4.69) is 21.1 Å². The fourth-order valence-corrected chi connectivity index (χ4v) is 0.990. The van der Waals surface area contributed by atoms with Crippen LogP contribution in [0.15, 0.2) is 28.8 Å². The summed E-state index contributed by atoms with van der Waals surface area (Å²) in [6, 6.07) is 7.18. The average molecular weight is 180 g/mol. The highest BCUT2D eigenvalue weighted by Crippen LogP contribution is 2.16. The predicted octanol–water partition coefficient (Wildman–Crippen LogP) is 2.19. The van der Waals surface area contributed by atoms with Crippen molar-refractivity contribution in [2.75, 3.05) is 0 Å². The van der Waals surface area contributed by atoms with Crippen molar-refractivity contribution in [1.29, 1.82) is 0 Å². The summed E-state index contributed by atoms with van der Waals surface area (Å²) in [7, 11) is 0. The van der Waals surface area contributed by atoms with Crippen molar-refractivity contribution in [3.05, 3.63) is 35.7 Å². The zero-order valence-electron chi connectivity index (χ0n) is 5.99. The highest BCUT2D eigenvalue weighted by atomic mass is 35.5. The molecule has 0 unspecified atom stereocenters. The minimum atomic E-state index is 0.520.